The summed E-state index contributed by atoms with van der Waals surface area (Å²) in [5.74, 6) is -0.480. The van der Waals surface area contributed by atoms with Gasteiger partial charge in [0.2, 0.25) is 0 Å². The molecule has 0 saturated carbocycles. The number of nitrogens with two attached hydrogens (primary N) is 1. The Balaban J connectivity index is 1.57. The average molecular weight is 360 g/mol. The van der Waals surface area contributed by atoms with Crippen LogP contribution in [0.4, 0.5) is 0 Å². The lowest BCUT2D eigenvalue weighted by Crippen LogP contribution is -2.43. The predicted octanol–water partition coefficient (Wildman–Crippen LogP) is 3.09. The fraction of sp³-hybridized carbons (Fsp3) is 0.273. The number of hydrogen-bond acceptors (Lipinski definition) is 3. The number of carbonyl (C=O) groups excluding carboxylic acids is 1. The van der Waals surface area contributed by atoms with E-state index in [0.717, 1.165) is 31.6 Å². The zero-order chi connectivity index (χ0) is 18.7. The second-order valence-electron chi connectivity index (χ2n) is 7.18. The van der Waals surface area contributed by atoms with Gasteiger partial charge in [0.25, 0.3) is 5.91 Å². The smallest absolute Gasteiger partial charge is 0.269 e. The van der Waals surface area contributed by atoms with Gasteiger partial charge in [-0.1, -0.05) is 60.7 Å². The van der Waals surface area contributed by atoms with Crippen LogP contribution in [-0.2, 0) is 12.0 Å². The van der Waals surface area contributed by atoms with E-state index in [2.05, 4.69) is 75.5 Å². The van der Waals surface area contributed by atoms with Crippen molar-refractivity contribution in [2.24, 2.45) is 5.73 Å². The molecule has 0 bridgehead atoms. The molecule has 3 aromatic rings. The van der Waals surface area contributed by atoms with Crippen LogP contribution in [0.15, 0.2) is 67.0 Å². The lowest BCUT2D eigenvalue weighted by Gasteiger charge is -2.43. The van der Waals surface area contributed by atoms with Gasteiger partial charge >= 0.3 is 0 Å². The summed E-state index contributed by atoms with van der Waals surface area (Å²) in [5.41, 5.74) is 9.33. The molecule has 0 spiro atoms. The van der Waals surface area contributed by atoms with Crippen molar-refractivity contribution in [3.63, 3.8) is 0 Å². The molecule has 5 nitrogen and oxygen atoms in total. The largest absolute Gasteiger partial charge is 0.364 e. The topological polar surface area (TPSA) is 75.0 Å². The molecule has 0 unspecified atom stereocenters. The van der Waals surface area contributed by atoms with Crippen LogP contribution in [0.2, 0.25) is 0 Å². The number of hydrogen-bond donors (Lipinski definition) is 2. The Hall–Kier alpha value is -2.92. The van der Waals surface area contributed by atoms with E-state index in [4.69, 9.17) is 5.73 Å². The number of likely N-dealkylation sites (tertiary alicyclic amines) is 1. The van der Waals surface area contributed by atoms with Gasteiger partial charge in [-0.05, 0) is 37.1 Å². The molecule has 0 aliphatic carbocycles. The molecule has 3 N–H and O–H groups in total. The molecule has 0 radical (unpaired) electrons. The number of H-pyrrole nitrogens is 1. The third-order valence-corrected chi connectivity index (χ3v) is 5.70. The van der Waals surface area contributed by atoms with E-state index in [-0.39, 0.29) is 5.41 Å². The molecule has 1 aliphatic rings. The van der Waals surface area contributed by atoms with Crippen LogP contribution >= 0.6 is 0 Å². The third kappa shape index (κ3) is 3.38. The number of piperidine rings is 1. The lowest BCUT2D eigenvalue weighted by atomic mass is 9.68. The molecule has 1 fully saturated rings. The summed E-state index contributed by atoms with van der Waals surface area (Å²) < 4.78 is 0. The summed E-state index contributed by atoms with van der Waals surface area (Å²) in [5, 5.41) is 0. The van der Waals surface area contributed by atoms with Crippen molar-refractivity contribution in [2.45, 2.75) is 24.8 Å². The average Bonchev–Trinajstić information content (AvgIpc) is 3.19. The number of rotatable bonds is 5. The minimum atomic E-state index is -0.480. The first-order chi connectivity index (χ1) is 13.2. The number of amides is 1. The Morgan fingerprint density at radius 3 is 2.07 bits per heavy atom. The number of benzene rings is 2. The first kappa shape index (κ1) is 17.5. The number of imidazole rings is 1. The van der Waals surface area contributed by atoms with Gasteiger partial charge in [-0.15, -0.1) is 0 Å². The number of aromatic amines is 1. The summed E-state index contributed by atoms with van der Waals surface area (Å²) in [4.78, 5) is 21.0. The van der Waals surface area contributed by atoms with Gasteiger partial charge in [-0.25, -0.2) is 4.98 Å². The molecular formula is C22H24N4O. The molecular weight excluding hydrogens is 336 g/mol. The van der Waals surface area contributed by atoms with E-state index < -0.39 is 5.91 Å². The van der Waals surface area contributed by atoms with Crippen LogP contribution in [0.3, 0.4) is 0 Å². The van der Waals surface area contributed by atoms with Crippen LogP contribution in [-0.4, -0.2) is 33.9 Å². The lowest BCUT2D eigenvalue weighted by molar-refractivity contribution is 0.0992. The van der Waals surface area contributed by atoms with E-state index in [9.17, 15) is 4.79 Å². The van der Waals surface area contributed by atoms with Crippen LogP contribution in [0.1, 0.15) is 40.2 Å². The van der Waals surface area contributed by atoms with Crippen LogP contribution in [0.5, 0.6) is 0 Å². The molecule has 27 heavy (non-hydrogen) atoms. The van der Waals surface area contributed by atoms with Gasteiger partial charge in [-0.3, -0.25) is 9.69 Å². The third-order valence-electron chi connectivity index (χ3n) is 5.70. The summed E-state index contributed by atoms with van der Waals surface area (Å²) in [6.45, 7) is 2.56. The summed E-state index contributed by atoms with van der Waals surface area (Å²) in [6.07, 6.45) is 3.60. The molecule has 4 rings (SSSR count). The van der Waals surface area contributed by atoms with Gasteiger partial charge in [0, 0.05) is 12.0 Å². The van der Waals surface area contributed by atoms with Gasteiger partial charge in [-0.2, -0.15) is 0 Å². The van der Waals surface area contributed by atoms with Crippen LogP contribution < -0.4 is 5.73 Å². The molecule has 1 aromatic heterocycles. The number of nitrogens with one attached hydrogen (secondary N) is 1. The Morgan fingerprint density at radius 1 is 1.00 bits per heavy atom. The second-order valence-corrected chi connectivity index (χ2v) is 7.18. The maximum Gasteiger partial charge on any atom is 0.269 e. The number of aromatic nitrogens is 2. The summed E-state index contributed by atoms with van der Waals surface area (Å²) in [6, 6.07) is 21.6. The van der Waals surface area contributed by atoms with Gasteiger partial charge in [0.15, 0.2) is 0 Å². The van der Waals surface area contributed by atoms with Gasteiger partial charge in [0.1, 0.15) is 5.69 Å². The highest BCUT2D eigenvalue weighted by Gasteiger charge is 2.37. The Bertz CT molecular complexity index is 855. The van der Waals surface area contributed by atoms with Crippen molar-refractivity contribution in [2.75, 3.05) is 13.1 Å². The molecule has 0 atom stereocenters. The molecule has 2 aromatic carbocycles. The summed E-state index contributed by atoms with van der Waals surface area (Å²) >= 11 is 0. The Kier molecular flexibility index (Phi) is 4.77. The highest BCUT2D eigenvalue weighted by Crippen LogP contribution is 2.41. The van der Waals surface area contributed by atoms with Crippen molar-refractivity contribution in [3.05, 3.63) is 89.5 Å². The minimum absolute atomic E-state index is 0.0273. The van der Waals surface area contributed by atoms with E-state index in [1.54, 1.807) is 0 Å². The Labute approximate surface area is 159 Å². The fourth-order valence-corrected chi connectivity index (χ4v) is 4.23. The Morgan fingerprint density at radius 2 is 1.56 bits per heavy atom. The van der Waals surface area contributed by atoms with Crippen LogP contribution in [0, 0.1) is 0 Å². The van der Waals surface area contributed by atoms with E-state index in [1.165, 1.54) is 17.5 Å². The molecule has 1 amide bonds. The normalized spacial score (nSPS) is 16.9. The number of primary amides is 1. The van der Waals surface area contributed by atoms with E-state index in [1.807, 2.05) is 0 Å². The quantitative estimate of drug-likeness (QED) is 0.734. The summed E-state index contributed by atoms with van der Waals surface area (Å²) in [7, 11) is 0. The van der Waals surface area contributed by atoms with Gasteiger partial charge < -0.3 is 10.7 Å². The van der Waals surface area contributed by atoms with Gasteiger partial charge in [0.05, 0.1) is 12.0 Å². The number of carbonyl (C=O) groups is 1. The van der Waals surface area contributed by atoms with Crippen molar-refractivity contribution in [1.82, 2.24) is 14.9 Å². The maximum absolute atomic E-state index is 11.5. The highest BCUT2D eigenvalue weighted by atomic mass is 16.1. The zero-order valence-corrected chi connectivity index (χ0v) is 15.3. The minimum Gasteiger partial charge on any atom is -0.364 e. The monoisotopic (exact) mass is 360 g/mol. The maximum atomic E-state index is 11.5. The first-order valence-electron chi connectivity index (χ1n) is 9.34. The molecule has 138 valence electrons. The highest BCUT2D eigenvalue weighted by molar-refractivity contribution is 5.91. The number of nitrogens with zero attached hydrogens (tertiary/aromatic N) is 2. The fourth-order valence-electron chi connectivity index (χ4n) is 4.23. The second kappa shape index (κ2) is 7.37. The molecule has 5 heteroatoms. The SMILES string of the molecule is NC(=O)c1nc[nH]c1CN1CCC(c2ccccc2)(c2ccccc2)CC1. The van der Waals surface area contributed by atoms with Crippen molar-refractivity contribution < 1.29 is 4.79 Å². The molecule has 2 heterocycles. The van der Waals surface area contributed by atoms with E-state index >= 15 is 0 Å². The van der Waals surface area contributed by atoms with Crippen molar-refractivity contribution >= 4 is 5.91 Å². The first-order valence-corrected chi connectivity index (χ1v) is 9.34. The van der Waals surface area contributed by atoms with Crippen LogP contribution in [0.25, 0.3) is 0 Å². The molecule has 1 saturated heterocycles. The predicted molar refractivity (Wildman–Crippen MR) is 105 cm³/mol. The standard InChI is InChI=1S/C22H24N4O/c23-21(27)20-19(24-16-25-20)15-26-13-11-22(12-14-26,17-7-3-1-4-8-17)18-9-5-2-6-10-18/h1-10,16H,11-15H2,(H2,23,27)(H,24,25). The van der Waals surface area contributed by atoms with Crippen molar-refractivity contribution in [1.29, 1.82) is 0 Å². The molecule has 1 aliphatic heterocycles. The zero-order valence-electron chi connectivity index (χ0n) is 15.3. The van der Waals surface area contributed by atoms with Crippen molar-refractivity contribution in [3.8, 4) is 0 Å². The van der Waals surface area contributed by atoms with E-state index in [0.29, 0.717) is 12.2 Å².